The van der Waals surface area contributed by atoms with Crippen LogP contribution in [0, 0.1) is 0 Å². The van der Waals surface area contributed by atoms with E-state index in [0.29, 0.717) is 5.56 Å². The molecule has 2 aromatic carbocycles. The number of rotatable bonds is 6. The molecule has 0 saturated carbocycles. The van der Waals surface area contributed by atoms with Crippen molar-refractivity contribution >= 4 is 16.0 Å². The van der Waals surface area contributed by atoms with Gasteiger partial charge in [0.05, 0.1) is 17.1 Å². The van der Waals surface area contributed by atoms with Crippen molar-refractivity contribution < 1.29 is 23.1 Å². The third kappa shape index (κ3) is 4.08. The summed E-state index contributed by atoms with van der Waals surface area (Å²) in [7, 11) is -4.09. The van der Waals surface area contributed by atoms with Crippen LogP contribution in [0.4, 0.5) is 0 Å². The molecule has 7 heteroatoms. The fourth-order valence-corrected chi connectivity index (χ4v) is 3.06. The molecule has 0 aliphatic carbocycles. The van der Waals surface area contributed by atoms with E-state index in [1.807, 2.05) is 30.3 Å². The molecule has 0 bridgehead atoms. The average molecular weight is 335 g/mol. The van der Waals surface area contributed by atoms with Crippen LogP contribution >= 0.6 is 0 Å². The first-order chi connectivity index (χ1) is 10.8. The molecule has 0 spiro atoms. The van der Waals surface area contributed by atoms with E-state index in [1.54, 1.807) is 6.92 Å². The molecule has 6 nitrogen and oxygen atoms in total. The fourth-order valence-electron chi connectivity index (χ4n) is 2.26. The second-order valence-corrected chi connectivity index (χ2v) is 6.43. The van der Waals surface area contributed by atoms with Crippen molar-refractivity contribution in [1.82, 2.24) is 0 Å². The van der Waals surface area contributed by atoms with E-state index in [2.05, 4.69) is 0 Å². The lowest BCUT2D eigenvalue weighted by Gasteiger charge is -2.15. The van der Waals surface area contributed by atoms with Gasteiger partial charge in [0.1, 0.15) is 5.75 Å². The van der Waals surface area contributed by atoms with Crippen molar-refractivity contribution in [3.63, 3.8) is 0 Å². The number of hydrogen-bond acceptors (Lipinski definition) is 4. The Hall–Kier alpha value is -2.38. The SMILES string of the molecule is CCOc1cc(C(=O)O)cc(S(N)(=O)=O)c1Cc1ccccc1. The minimum absolute atomic E-state index is 0.186. The Morgan fingerprint density at radius 2 is 1.87 bits per heavy atom. The van der Waals surface area contributed by atoms with Crippen LogP contribution in [0.25, 0.3) is 0 Å². The molecular formula is C16H17NO5S. The van der Waals surface area contributed by atoms with E-state index in [0.717, 1.165) is 11.6 Å². The summed E-state index contributed by atoms with van der Waals surface area (Å²) in [6.45, 7) is 2.01. The third-order valence-electron chi connectivity index (χ3n) is 3.25. The minimum Gasteiger partial charge on any atom is -0.494 e. The van der Waals surface area contributed by atoms with Gasteiger partial charge in [-0.15, -0.1) is 0 Å². The van der Waals surface area contributed by atoms with Gasteiger partial charge in [0.2, 0.25) is 10.0 Å². The van der Waals surface area contributed by atoms with Crippen LogP contribution in [-0.4, -0.2) is 26.1 Å². The Balaban J connectivity index is 2.67. The van der Waals surface area contributed by atoms with E-state index in [9.17, 15) is 13.2 Å². The maximum atomic E-state index is 11.9. The number of primary sulfonamides is 1. The van der Waals surface area contributed by atoms with E-state index in [4.69, 9.17) is 15.0 Å². The molecule has 2 aromatic rings. The van der Waals surface area contributed by atoms with Crippen molar-refractivity contribution in [1.29, 1.82) is 0 Å². The molecule has 122 valence electrons. The van der Waals surface area contributed by atoms with Gasteiger partial charge in [0.15, 0.2) is 0 Å². The van der Waals surface area contributed by atoms with E-state index in [1.165, 1.54) is 6.07 Å². The van der Waals surface area contributed by atoms with Crippen LogP contribution in [-0.2, 0) is 16.4 Å². The van der Waals surface area contributed by atoms with Crippen LogP contribution in [0.5, 0.6) is 5.75 Å². The van der Waals surface area contributed by atoms with Gasteiger partial charge in [-0.2, -0.15) is 0 Å². The molecule has 0 atom stereocenters. The molecule has 0 aromatic heterocycles. The molecule has 0 aliphatic rings. The van der Waals surface area contributed by atoms with Gasteiger partial charge in [-0.25, -0.2) is 18.4 Å². The fraction of sp³-hybridized carbons (Fsp3) is 0.188. The normalized spacial score (nSPS) is 11.2. The monoisotopic (exact) mass is 335 g/mol. The first kappa shape index (κ1) is 17.0. The summed E-state index contributed by atoms with van der Waals surface area (Å²) in [6.07, 6.45) is 0.266. The van der Waals surface area contributed by atoms with Gasteiger partial charge in [-0.3, -0.25) is 0 Å². The smallest absolute Gasteiger partial charge is 0.335 e. The maximum absolute atomic E-state index is 11.9. The summed E-state index contributed by atoms with van der Waals surface area (Å²) in [4.78, 5) is 11.0. The second kappa shape index (κ2) is 6.80. The van der Waals surface area contributed by atoms with Crippen LogP contribution in [0.3, 0.4) is 0 Å². The Morgan fingerprint density at radius 3 is 2.39 bits per heavy atom. The summed E-state index contributed by atoms with van der Waals surface area (Å²) in [5.74, 6) is -1.04. The number of carbonyl (C=O) groups is 1. The Bertz CT molecular complexity index is 816. The zero-order valence-corrected chi connectivity index (χ0v) is 13.3. The minimum atomic E-state index is -4.09. The van der Waals surface area contributed by atoms with Gasteiger partial charge in [-0.05, 0) is 24.6 Å². The third-order valence-corrected chi connectivity index (χ3v) is 4.22. The Morgan fingerprint density at radius 1 is 1.22 bits per heavy atom. The summed E-state index contributed by atoms with van der Waals surface area (Å²) in [6, 6.07) is 11.6. The van der Waals surface area contributed by atoms with E-state index in [-0.39, 0.29) is 29.2 Å². The average Bonchev–Trinajstić information content (AvgIpc) is 2.48. The van der Waals surface area contributed by atoms with Gasteiger partial charge in [-0.1, -0.05) is 30.3 Å². The van der Waals surface area contributed by atoms with Crippen molar-refractivity contribution in [2.75, 3.05) is 6.61 Å². The summed E-state index contributed by atoms with van der Waals surface area (Å²) < 4.78 is 29.3. The predicted octanol–water partition coefficient (Wildman–Crippen LogP) is 2.02. The second-order valence-electron chi connectivity index (χ2n) is 4.90. The van der Waals surface area contributed by atoms with Crippen LogP contribution in [0.15, 0.2) is 47.4 Å². The standard InChI is InChI=1S/C16H17NO5S/c1-2-22-14-9-12(16(18)19)10-15(23(17,20)21)13(14)8-11-6-4-3-5-7-11/h3-7,9-10H,2,8H2,1H3,(H,18,19)(H2,17,20,21). The van der Waals surface area contributed by atoms with Gasteiger partial charge < -0.3 is 9.84 Å². The number of ether oxygens (including phenoxy) is 1. The molecule has 23 heavy (non-hydrogen) atoms. The van der Waals surface area contributed by atoms with Gasteiger partial charge in [0, 0.05) is 12.0 Å². The summed E-state index contributed by atoms with van der Waals surface area (Å²) in [5.41, 5.74) is 1.03. The molecule has 0 radical (unpaired) electrons. The van der Waals surface area contributed by atoms with Gasteiger partial charge >= 0.3 is 5.97 Å². The number of aromatic carboxylic acids is 1. The molecule has 0 fully saturated rings. The Kier molecular flexibility index (Phi) is 5.02. The number of nitrogens with two attached hydrogens (primary N) is 1. The maximum Gasteiger partial charge on any atom is 0.335 e. The van der Waals surface area contributed by atoms with Crippen molar-refractivity contribution in [2.45, 2.75) is 18.2 Å². The molecule has 0 amide bonds. The molecule has 3 N–H and O–H groups in total. The van der Waals surface area contributed by atoms with E-state index >= 15 is 0 Å². The lowest BCUT2D eigenvalue weighted by Crippen LogP contribution is -2.17. The van der Waals surface area contributed by atoms with Gasteiger partial charge in [0.25, 0.3) is 0 Å². The van der Waals surface area contributed by atoms with Crippen molar-refractivity contribution in [3.8, 4) is 5.75 Å². The number of carboxylic acids is 1. The molecular weight excluding hydrogens is 318 g/mol. The zero-order valence-electron chi connectivity index (χ0n) is 12.5. The quantitative estimate of drug-likeness (QED) is 0.840. The topological polar surface area (TPSA) is 107 Å². The van der Waals surface area contributed by atoms with Crippen molar-refractivity contribution in [3.05, 3.63) is 59.2 Å². The number of carboxylic acid groups (broad SMARTS) is 1. The largest absolute Gasteiger partial charge is 0.494 e. The summed E-state index contributed by atoms with van der Waals surface area (Å²) >= 11 is 0. The molecule has 0 unspecified atom stereocenters. The highest BCUT2D eigenvalue weighted by atomic mass is 32.2. The molecule has 0 heterocycles. The van der Waals surface area contributed by atoms with Crippen LogP contribution in [0.1, 0.15) is 28.4 Å². The first-order valence-corrected chi connectivity index (χ1v) is 8.47. The summed E-state index contributed by atoms with van der Waals surface area (Å²) in [5, 5.41) is 14.4. The first-order valence-electron chi connectivity index (χ1n) is 6.92. The highest BCUT2D eigenvalue weighted by Crippen LogP contribution is 2.30. The lowest BCUT2D eigenvalue weighted by molar-refractivity contribution is 0.0696. The zero-order chi connectivity index (χ0) is 17.0. The molecule has 2 rings (SSSR count). The number of sulfonamides is 1. The lowest BCUT2D eigenvalue weighted by atomic mass is 10.0. The van der Waals surface area contributed by atoms with Crippen LogP contribution < -0.4 is 9.88 Å². The van der Waals surface area contributed by atoms with Crippen molar-refractivity contribution in [2.24, 2.45) is 5.14 Å². The highest BCUT2D eigenvalue weighted by molar-refractivity contribution is 7.89. The van der Waals surface area contributed by atoms with E-state index < -0.39 is 16.0 Å². The van der Waals surface area contributed by atoms with Crippen LogP contribution in [0.2, 0.25) is 0 Å². The number of hydrogen-bond donors (Lipinski definition) is 2. The predicted molar refractivity (Wildman–Crippen MR) is 85.2 cm³/mol. The highest BCUT2D eigenvalue weighted by Gasteiger charge is 2.22. The molecule has 0 saturated heterocycles. The Labute approximate surface area is 134 Å². The molecule has 0 aliphatic heterocycles. The number of benzene rings is 2.